The van der Waals surface area contributed by atoms with Crippen LogP contribution in [0.4, 0.5) is 0 Å². The summed E-state index contributed by atoms with van der Waals surface area (Å²) in [5.41, 5.74) is 9.19. The lowest BCUT2D eigenvalue weighted by Gasteiger charge is -2.07. The number of aryl methyl sites for hydroxylation is 2. The first-order chi connectivity index (χ1) is 7.54. The van der Waals surface area contributed by atoms with Crippen LogP contribution in [0.2, 0.25) is 0 Å². The van der Waals surface area contributed by atoms with Crippen molar-refractivity contribution in [3.8, 4) is 0 Å². The molecule has 4 nitrogen and oxygen atoms in total. The molecule has 2 N–H and O–H groups in total. The summed E-state index contributed by atoms with van der Waals surface area (Å²) in [4.78, 5) is 4.68. The Morgan fingerprint density at radius 2 is 2.25 bits per heavy atom. The summed E-state index contributed by atoms with van der Waals surface area (Å²) in [6, 6.07) is 1.99. The quantitative estimate of drug-likeness (QED) is 0.799. The van der Waals surface area contributed by atoms with Crippen LogP contribution in [0.1, 0.15) is 22.6 Å². The molecule has 82 valence electrons. The van der Waals surface area contributed by atoms with E-state index in [-0.39, 0.29) is 0 Å². The van der Waals surface area contributed by atoms with Crippen molar-refractivity contribution < 1.29 is 0 Å². The van der Waals surface area contributed by atoms with Gasteiger partial charge >= 0.3 is 0 Å². The van der Waals surface area contributed by atoms with Gasteiger partial charge < -0.3 is 5.73 Å². The third-order valence-corrected chi connectivity index (χ3v) is 2.63. The predicted molar refractivity (Wildman–Crippen MR) is 68.4 cm³/mol. The highest BCUT2D eigenvalue weighted by molar-refractivity contribution is 7.80. The second-order valence-corrected chi connectivity index (χ2v) is 4.06. The predicted octanol–water partition coefficient (Wildman–Crippen LogP) is 1.62. The molecule has 0 aromatic carbocycles. The molecule has 0 atom stereocenters. The Kier molecular flexibility index (Phi) is 2.47. The Labute approximate surface area is 98.8 Å². The smallest absolute Gasteiger partial charge is 0.174 e. The topological polar surface area (TPSA) is 56.2 Å². The third-order valence-electron chi connectivity index (χ3n) is 2.43. The number of nitrogens with zero attached hydrogens (tertiary/aromatic N) is 3. The molecule has 0 aliphatic heterocycles. The van der Waals surface area contributed by atoms with E-state index in [1.807, 2.05) is 19.9 Å². The van der Waals surface area contributed by atoms with E-state index in [2.05, 4.69) is 16.7 Å². The molecule has 0 aliphatic carbocycles. The molecule has 0 amide bonds. The highest BCUT2D eigenvalue weighted by atomic mass is 32.1. The number of hydrogen-bond acceptors (Lipinski definition) is 3. The van der Waals surface area contributed by atoms with Gasteiger partial charge in [-0.3, -0.25) is 0 Å². The van der Waals surface area contributed by atoms with Crippen LogP contribution in [-0.2, 0) is 0 Å². The lowest BCUT2D eigenvalue weighted by molar-refractivity contribution is 0.904. The summed E-state index contributed by atoms with van der Waals surface area (Å²) < 4.78 is 1.73. The van der Waals surface area contributed by atoms with Crippen LogP contribution in [0, 0.1) is 13.8 Å². The number of pyridine rings is 1. The summed E-state index contributed by atoms with van der Waals surface area (Å²) in [6.45, 7) is 7.58. The van der Waals surface area contributed by atoms with Crippen molar-refractivity contribution in [3.63, 3.8) is 0 Å². The molecule has 0 unspecified atom stereocenters. The molecule has 0 saturated heterocycles. The number of fused-ring (bicyclic) bond motifs is 1. The van der Waals surface area contributed by atoms with Crippen LogP contribution < -0.4 is 5.73 Å². The van der Waals surface area contributed by atoms with Gasteiger partial charge in [-0.05, 0) is 31.6 Å². The first-order valence-electron chi connectivity index (χ1n) is 4.84. The fourth-order valence-corrected chi connectivity index (χ4v) is 2.00. The van der Waals surface area contributed by atoms with E-state index < -0.39 is 0 Å². The minimum absolute atomic E-state index is 0.338. The standard InChI is InChI=1S/C11H12N4S/c1-4-8-13-11-9(10(12)16)6(2)5-7(3)15(11)14-8/h4-5H,1H2,2-3H3,(H2,12,16). The summed E-state index contributed by atoms with van der Waals surface area (Å²) in [5, 5.41) is 4.29. The molecular weight excluding hydrogens is 220 g/mol. The van der Waals surface area contributed by atoms with E-state index in [1.54, 1.807) is 10.6 Å². The minimum atomic E-state index is 0.338. The summed E-state index contributed by atoms with van der Waals surface area (Å²) in [5.74, 6) is 0.575. The van der Waals surface area contributed by atoms with E-state index >= 15 is 0 Å². The summed E-state index contributed by atoms with van der Waals surface area (Å²) in [6.07, 6.45) is 1.60. The van der Waals surface area contributed by atoms with Crippen molar-refractivity contribution in [2.24, 2.45) is 5.73 Å². The van der Waals surface area contributed by atoms with Gasteiger partial charge in [0.15, 0.2) is 11.5 Å². The fraction of sp³-hybridized carbons (Fsp3) is 0.182. The molecular formula is C11H12N4S. The maximum Gasteiger partial charge on any atom is 0.174 e. The van der Waals surface area contributed by atoms with E-state index in [1.165, 1.54) is 0 Å². The maximum atomic E-state index is 5.71. The zero-order valence-electron chi connectivity index (χ0n) is 9.19. The van der Waals surface area contributed by atoms with Gasteiger partial charge in [-0.15, -0.1) is 5.10 Å². The van der Waals surface area contributed by atoms with Crippen molar-refractivity contribution in [1.82, 2.24) is 14.6 Å². The second-order valence-electron chi connectivity index (χ2n) is 3.62. The van der Waals surface area contributed by atoms with Crippen LogP contribution in [0.5, 0.6) is 0 Å². The molecule has 2 aromatic rings. The molecule has 2 heterocycles. The average molecular weight is 232 g/mol. The molecule has 5 heteroatoms. The van der Waals surface area contributed by atoms with Gasteiger partial charge in [-0.25, -0.2) is 9.50 Å². The van der Waals surface area contributed by atoms with Crippen molar-refractivity contribution >= 4 is 28.9 Å². The van der Waals surface area contributed by atoms with Crippen LogP contribution in [0.15, 0.2) is 12.6 Å². The van der Waals surface area contributed by atoms with Gasteiger partial charge in [0.2, 0.25) is 0 Å². The molecule has 0 spiro atoms. The Bertz CT molecular complexity index is 598. The third kappa shape index (κ3) is 1.49. The van der Waals surface area contributed by atoms with Crippen molar-refractivity contribution in [2.45, 2.75) is 13.8 Å². The zero-order chi connectivity index (χ0) is 11.9. The molecule has 0 radical (unpaired) electrons. The van der Waals surface area contributed by atoms with Gasteiger partial charge in [-0.2, -0.15) is 0 Å². The number of hydrogen-bond donors (Lipinski definition) is 1. The molecule has 2 aromatic heterocycles. The largest absolute Gasteiger partial charge is 0.389 e. The average Bonchev–Trinajstić information content (AvgIpc) is 2.61. The molecule has 16 heavy (non-hydrogen) atoms. The van der Waals surface area contributed by atoms with Crippen LogP contribution in [0.25, 0.3) is 11.7 Å². The Hall–Kier alpha value is -1.75. The highest BCUT2D eigenvalue weighted by Crippen LogP contribution is 2.17. The molecule has 0 fully saturated rings. The highest BCUT2D eigenvalue weighted by Gasteiger charge is 2.13. The van der Waals surface area contributed by atoms with Crippen molar-refractivity contribution in [3.05, 3.63) is 35.3 Å². The number of nitrogens with two attached hydrogens (primary N) is 1. The first-order valence-corrected chi connectivity index (χ1v) is 5.24. The molecule has 0 aliphatic rings. The minimum Gasteiger partial charge on any atom is -0.389 e. The Morgan fingerprint density at radius 1 is 1.56 bits per heavy atom. The van der Waals surface area contributed by atoms with Gasteiger partial charge in [0.05, 0.1) is 5.56 Å². The van der Waals surface area contributed by atoms with E-state index in [4.69, 9.17) is 18.0 Å². The van der Waals surface area contributed by atoms with E-state index in [0.717, 1.165) is 16.8 Å². The van der Waals surface area contributed by atoms with Gasteiger partial charge in [0, 0.05) is 5.69 Å². The Morgan fingerprint density at radius 3 is 2.81 bits per heavy atom. The maximum absolute atomic E-state index is 5.71. The number of rotatable bonds is 2. The number of aromatic nitrogens is 3. The summed E-state index contributed by atoms with van der Waals surface area (Å²) in [7, 11) is 0. The molecule has 0 bridgehead atoms. The van der Waals surface area contributed by atoms with Crippen LogP contribution in [-0.4, -0.2) is 19.6 Å². The fourth-order valence-electron chi connectivity index (χ4n) is 1.75. The van der Waals surface area contributed by atoms with Crippen molar-refractivity contribution in [1.29, 1.82) is 0 Å². The SMILES string of the molecule is C=Cc1nc2c(C(N)=S)c(C)cc(C)n2n1. The second kappa shape index (κ2) is 3.68. The van der Waals surface area contributed by atoms with E-state index in [9.17, 15) is 0 Å². The van der Waals surface area contributed by atoms with Gasteiger partial charge in [0.1, 0.15) is 4.99 Å². The Balaban J connectivity index is 2.93. The first kappa shape index (κ1) is 10.8. The molecule has 2 rings (SSSR count). The zero-order valence-corrected chi connectivity index (χ0v) is 10.0. The van der Waals surface area contributed by atoms with Crippen LogP contribution in [0.3, 0.4) is 0 Å². The monoisotopic (exact) mass is 232 g/mol. The van der Waals surface area contributed by atoms with Gasteiger partial charge in [0.25, 0.3) is 0 Å². The lowest BCUT2D eigenvalue weighted by Crippen LogP contribution is -2.14. The lowest BCUT2D eigenvalue weighted by atomic mass is 10.1. The van der Waals surface area contributed by atoms with E-state index in [0.29, 0.717) is 16.5 Å². The van der Waals surface area contributed by atoms with Crippen LogP contribution >= 0.6 is 12.2 Å². The normalized spacial score (nSPS) is 10.6. The number of thiocarbonyl (C=S) groups is 1. The summed E-state index contributed by atoms with van der Waals surface area (Å²) >= 11 is 5.04. The van der Waals surface area contributed by atoms with Gasteiger partial charge in [-0.1, -0.05) is 18.8 Å². The van der Waals surface area contributed by atoms with Crippen molar-refractivity contribution in [2.75, 3.05) is 0 Å². The molecule has 0 saturated carbocycles.